The molecule has 1 aromatic rings. The number of hydrogen-bond acceptors (Lipinski definition) is 5. The third-order valence-corrected chi connectivity index (χ3v) is 4.32. The van der Waals surface area contributed by atoms with Crippen LogP contribution < -0.4 is 5.32 Å². The quantitative estimate of drug-likeness (QED) is 0.542. The van der Waals surface area contributed by atoms with Gasteiger partial charge in [0.15, 0.2) is 0 Å². The number of carbonyl (C=O) groups is 1. The highest BCUT2D eigenvalue weighted by molar-refractivity contribution is 7.97. The molecule has 0 saturated carbocycles. The number of aliphatic hydroxyl groups is 2. The summed E-state index contributed by atoms with van der Waals surface area (Å²) in [5.41, 5.74) is 2.81. The van der Waals surface area contributed by atoms with Crippen molar-refractivity contribution in [2.75, 3.05) is 11.1 Å². The van der Waals surface area contributed by atoms with Crippen LogP contribution >= 0.6 is 11.9 Å². The number of benzene rings is 1. The minimum absolute atomic E-state index is 0.0105. The molecule has 0 aliphatic carbocycles. The van der Waals surface area contributed by atoms with E-state index in [0.29, 0.717) is 25.1 Å². The SMILES string of the molecule is O=C1Cc2cc(CN3SCCC3(O)O)ccc2N1. The van der Waals surface area contributed by atoms with Crippen molar-refractivity contribution in [3.8, 4) is 0 Å². The van der Waals surface area contributed by atoms with Gasteiger partial charge in [0.1, 0.15) is 0 Å². The zero-order valence-electron chi connectivity index (χ0n) is 9.72. The summed E-state index contributed by atoms with van der Waals surface area (Å²) in [6, 6.07) is 5.72. The van der Waals surface area contributed by atoms with Crippen LogP contribution in [-0.4, -0.2) is 32.1 Å². The lowest BCUT2D eigenvalue weighted by atomic mass is 10.1. The molecule has 3 N–H and O–H groups in total. The van der Waals surface area contributed by atoms with E-state index in [1.807, 2.05) is 18.2 Å². The van der Waals surface area contributed by atoms with Gasteiger partial charge in [-0.05, 0) is 17.2 Å². The lowest BCUT2D eigenvalue weighted by molar-refractivity contribution is -0.225. The van der Waals surface area contributed by atoms with Crippen LogP contribution in [0.1, 0.15) is 17.5 Å². The number of fused-ring (bicyclic) bond motifs is 1. The fourth-order valence-corrected chi connectivity index (χ4v) is 3.36. The molecule has 96 valence electrons. The van der Waals surface area contributed by atoms with Crippen molar-refractivity contribution in [3.05, 3.63) is 29.3 Å². The van der Waals surface area contributed by atoms with E-state index in [9.17, 15) is 15.0 Å². The van der Waals surface area contributed by atoms with Crippen LogP contribution in [0.4, 0.5) is 5.69 Å². The Morgan fingerprint density at radius 3 is 3.00 bits per heavy atom. The number of hydrogen-bond donors (Lipinski definition) is 3. The molecule has 1 aromatic carbocycles. The third-order valence-electron chi connectivity index (χ3n) is 3.20. The minimum Gasteiger partial charge on any atom is -0.353 e. The molecule has 0 aromatic heterocycles. The summed E-state index contributed by atoms with van der Waals surface area (Å²) in [6.07, 6.45) is 0.752. The van der Waals surface area contributed by atoms with Crippen LogP contribution in [-0.2, 0) is 17.8 Å². The van der Waals surface area contributed by atoms with Gasteiger partial charge in [-0.2, -0.15) is 4.31 Å². The number of amides is 1. The summed E-state index contributed by atoms with van der Waals surface area (Å²) in [4.78, 5) is 11.3. The van der Waals surface area contributed by atoms with Gasteiger partial charge >= 0.3 is 0 Å². The first-order chi connectivity index (χ1) is 8.54. The molecule has 2 aliphatic rings. The van der Waals surface area contributed by atoms with E-state index in [4.69, 9.17) is 0 Å². The van der Waals surface area contributed by atoms with Crippen LogP contribution in [0.25, 0.3) is 0 Å². The molecule has 0 unspecified atom stereocenters. The van der Waals surface area contributed by atoms with Gasteiger partial charge in [0, 0.05) is 24.4 Å². The van der Waals surface area contributed by atoms with Gasteiger partial charge in [-0.3, -0.25) is 4.79 Å². The van der Waals surface area contributed by atoms with Gasteiger partial charge in [-0.1, -0.05) is 24.1 Å². The Balaban J connectivity index is 1.78. The van der Waals surface area contributed by atoms with Gasteiger partial charge < -0.3 is 15.5 Å². The van der Waals surface area contributed by atoms with Crippen molar-refractivity contribution in [2.45, 2.75) is 25.3 Å². The second kappa shape index (κ2) is 4.24. The molecular formula is C12H14N2O3S. The van der Waals surface area contributed by atoms with E-state index in [0.717, 1.165) is 16.8 Å². The molecular weight excluding hydrogens is 252 g/mol. The standard InChI is InChI=1S/C12H14N2O3S/c15-11-6-9-5-8(1-2-10(9)13-11)7-14-12(16,17)3-4-18-14/h1-2,5,16-17H,3-4,6-7H2,(H,13,15). The van der Waals surface area contributed by atoms with Crippen molar-refractivity contribution in [1.29, 1.82) is 0 Å². The topological polar surface area (TPSA) is 72.8 Å². The fourth-order valence-electron chi connectivity index (χ4n) is 2.24. The number of carbonyl (C=O) groups excluding carboxylic acids is 1. The summed E-state index contributed by atoms with van der Waals surface area (Å²) in [7, 11) is 0. The number of nitrogens with one attached hydrogen (secondary N) is 1. The number of anilines is 1. The monoisotopic (exact) mass is 266 g/mol. The second-order valence-electron chi connectivity index (χ2n) is 4.61. The normalized spacial score (nSPS) is 22.0. The van der Waals surface area contributed by atoms with E-state index < -0.39 is 5.91 Å². The molecule has 1 fully saturated rings. The molecule has 2 aliphatic heterocycles. The van der Waals surface area contributed by atoms with E-state index in [2.05, 4.69) is 5.32 Å². The first-order valence-electron chi connectivity index (χ1n) is 5.81. The van der Waals surface area contributed by atoms with Gasteiger partial charge in [-0.25, -0.2) is 0 Å². The van der Waals surface area contributed by atoms with Crippen LogP contribution in [0.3, 0.4) is 0 Å². The maximum atomic E-state index is 11.3. The molecule has 6 heteroatoms. The lowest BCUT2D eigenvalue weighted by Gasteiger charge is -2.26. The first kappa shape index (κ1) is 12.0. The maximum absolute atomic E-state index is 11.3. The highest BCUT2D eigenvalue weighted by Crippen LogP contribution is 2.34. The second-order valence-corrected chi connectivity index (χ2v) is 5.72. The average Bonchev–Trinajstić information content (AvgIpc) is 2.81. The molecule has 18 heavy (non-hydrogen) atoms. The van der Waals surface area contributed by atoms with E-state index in [1.165, 1.54) is 11.9 Å². The van der Waals surface area contributed by atoms with Crippen molar-refractivity contribution in [2.24, 2.45) is 0 Å². The van der Waals surface area contributed by atoms with Crippen LogP contribution in [0.15, 0.2) is 18.2 Å². The summed E-state index contributed by atoms with van der Waals surface area (Å²) in [6.45, 7) is 0.457. The summed E-state index contributed by atoms with van der Waals surface area (Å²) in [5, 5.41) is 22.3. The van der Waals surface area contributed by atoms with Crippen LogP contribution in [0, 0.1) is 0 Å². The predicted molar refractivity (Wildman–Crippen MR) is 68.6 cm³/mol. The van der Waals surface area contributed by atoms with Gasteiger partial charge in [0.2, 0.25) is 11.8 Å². The molecule has 0 atom stereocenters. The van der Waals surface area contributed by atoms with E-state index in [-0.39, 0.29) is 5.91 Å². The Morgan fingerprint density at radius 2 is 2.28 bits per heavy atom. The molecule has 5 nitrogen and oxygen atoms in total. The molecule has 0 radical (unpaired) electrons. The largest absolute Gasteiger partial charge is 0.353 e. The van der Waals surface area contributed by atoms with Crippen LogP contribution in [0.2, 0.25) is 0 Å². The van der Waals surface area contributed by atoms with Crippen molar-refractivity contribution >= 4 is 23.5 Å². The predicted octanol–water partition coefficient (Wildman–Crippen LogP) is 0.673. The van der Waals surface area contributed by atoms with E-state index in [1.54, 1.807) is 4.31 Å². The minimum atomic E-state index is -1.72. The Kier molecular flexibility index (Phi) is 2.82. The first-order valence-corrected chi connectivity index (χ1v) is 6.76. The van der Waals surface area contributed by atoms with Crippen molar-refractivity contribution < 1.29 is 15.0 Å². The van der Waals surface area contributed by atoms with Gasteiger partial charge in [0.05, 0.1) is 6.42 Å². The Morgan fingerprint density at radius 1 is 1.44 bits per heavy atom. The van der Waals surface area contributed by atoms with E-state index >= 15 is 0 Å². The zero-order chi connectivity index (χ0) is 12.8. The van der Waals surface area contributed by atoms with Crippen LogP contribution in [0.5, 0.6) is 0 Å². The Hall–Kier alpha value is -1.08. The zero-order valence-corrected chi connectivity index (χ0v) is 10.5. The molecule has 2 heterocycles. The molecule has 0 spiro atoms. The number of rotatable bonds is 2. The summed E-state index contributed by atoms with van der Waals surface area (Å²) in [5.74, 6) is -1.01. The van der Waals surface area contributed by atoms with Gasteiger partial charge in [-0.15, -0.1) is 0 Å². The molecule has 1 amide bonds. The number of nitrogens with zero attached hydrogens (tertiary/aromatic N) is 1. The Labute approximate surface area is 109 Å². The summed E-state index contributed by atoms with van der Waals surface area (Å²) >= 11 is 1.43. The lowest BCUT2D eigenvalue weighted by Crippen LogP contribution is -2.39. The fraction of sp³-hybridized carbons (Fsp3) is 0.417. The highest BCUT2D eigenvalue weighted by Gasteiger charge is 2.37. The Bertz CT molecular complexity index is 504. The average molecular weight is 266 g/mol. The molecule has 1 saturated heterocycles. The molecule has 0 bridgehead atoms. The van der Waals surface area contributed by atoms with Crippen molar-refractivity contribution in [3.63, 3.8) is 0 Å². The highest BCUT2D eigenvalue weighted by atomic mass is 32.2. The third kappa shape index (κ3) is 2.12. The smallest absolute Gasteiger partial charge is 0.235 e. The van der Waals surface area contributed by atoms with Gasteiger partial charge in [0.25, 0.3) is 0 Å². The maximum Gasteiger partial charge on any atom is 0.235 e. The van der Waals surface area contributed by atoms with Crippen molar-refractivity contribution in [1.82, 2.24) is 4.31 Å². The molecule has 3 rings (SSSR count). The summed E-state index contributed by atoms with van der Waals surface area (Å²) < 4.78 is 1.57.